The number of thioether (sulfide) groups is 1. The first-order valence-corrected chi connectivity index (χ1v) is 5.43. The van der Waals surface area contributed by atoms with Crippen LogP contribution >= 0.6 is 11.8 Å². The lowest BCUT2D eigenvalue weighted by molar-refractivity contribution is 1.12. The Hall–Kier alpha value is -1.12. The van der Waals surface area contributed by atoms with Crippen LogP contribution < -0.4 is 0 Å². The number of aryl methyl sites for hydroxylation is 2. The molecule has 0 spiro atoms. The molecule has 4 heteroatoms. The number of rotatable bonds is 4. The normalized spacial score (nSPS) is 9.57. The van der Waals surface area contributed by atoms with Gasteiger partial charge in [-0.25, -0.2) is 0 Å². The summed E-state index contributed by atoms with van der Waals surface area (Å²) in [5.74, 6) is 0.840. The van der Waals surface area contributed by atoms with Crippen LogP contribution in [0.4, 0.5) is 0 Å². The topological polar surface area (TPSA) is 48.8 Å². The highest BCUT2D eigenvalue weighted by Crippen LogP contribution is 2.20. The molecule has 0 unspecified atom stereocenters. The van der Waals surface area contributed by atoms with Crippen molar-refractivity contribution in [2.24, 2.45) is 5.11 Å². The second-order valence-corrected chi connectivity index (χ2v) is 4.22. The van der Waals surface area contributed by atoms with Crippen molar-refractivity contribution in [3.63, 3.8) is 0 Å². The summed E-state index contributed by atoms with van der Waals surface area (Å²) in [5.41, 5.74) is 10.7. The minimum atomic E-state index is 0.550. The van der Waals surface area contributed by atoms with Crippen LogP contribution in [0.3, 0.4) is 0 Å². The van der Waals surface area contributed by atoms with Crippen molar-refractivity contribution in [1.29, 1.82) is 0 Å². The van der Waals surface area contributed by atoms with Gasteiger partial charge in [-0.15, -0.1) is 11.8 Å². The van der Waals surface area contributed by atoms with E-state index in [4.69, 9.17) is 5.53 Å². The minimum Gasteiger partial charge on any atom is -0.126 e. The van der Waals surface area contributed by atoms with Gasteiger partial charge in [0.25, 0.3) is 0 Å². The zero-order chi connectivity index (χ0) is 10.4. The van der Waals surface area contributed by atoms with E-state index in [1.165, 1.54) is 16.0 Å². The summed E-state index contributed by atoms with van der Waals surface area (Å²) in [6, 6.07) is 6.38. The second kappa shape index (κ2) is 5.58. The van der Waals surface area contributed by atoms with E-state index in [-0.39, 0.29) is 0 Å². The zero-order valence-corrected chi connectivity index (χ0v) is 9.21. The smallest absolute Gasteiger partial charge is 0.0352 e. The molecule has 0 atom stereocenters. The monoisotopic (exact) mass is 207 g/mol. The van der Waals surface area contributed by atoms with Crippen molar-refractivity contribution in [2.75, 3.05) is 12.3 Å². The molecule has 0 saturated heterocycles. The van der Waals surface area contributed by atoms with Crippen LogP contribution in [0.15, 0.2) is 28.2 Å². The summed E-state index contributed by atoms with van der Waals surface area (Å²) >= 11 is 1.72. The van der Waals surface area contributed by atoms with E-state index in [2.05, 4.69) is 42.1 Å². The molecule has 0 amide bonds. The van der Waals surface area contributed by atoms with Gasteiger partial charge in [-0.3, -0.25) is 0 Å². The van der Waals surface area contributed by atoms with Gasteiger partial charge in [-0.1, -0.05) is 11.2 Å². The molecule has 0 saturated carbocycles. The molecule has 14 heavy (non-hydrogen) atoms. The SMILES string of the molecule is Cc1ccc(SCCN=[N+]=[N-])cc1C. The molecule has 74 valence electrons. The molecule has 1 aromatic rings. The third-order valence-electron chi connectivity index (χ3n) is 2.00. The average molecular weight is 207 g/mol. The van der Waals surface area contributed by atoms with Crippen LogP contribution in [-0.4, -0.2) is 12.3 Å². The van der Waals surface area contributed by atoms with E-state index in [1.54, 1.807) is 11.8 Å². The van der Waals surface area contributed by atoms with E-state index in [1.807, 2.05) is 0 Å². The Kier molecular flexibility index (Phi) is 4.36. The van der Waals surface area contributed by atoms with Crippen LogP contribution in [0, 0.1) is 13.8 Å². The fraction of sp³-hybridized carbons (Fsp3) is 0.400. The van der Waals surface area contributed by atoms with Gasteiger partial charge in [0.05, 0.1) is 0 Å². The predicted molar refractivity (Wildman–Crippen MR) is 60.7 cm³/mol. The van der Waals surface area contributed by atoms with Gasteiger partial charge in [0, 0.05) is 22.1 Å². The molecule has 0 bridgehead atoms. The highest BCUT2D eigenvalue weighted by Gasteiger charge is 1.96. The van der Waals surface area contributed by atoms with Gasteiger partial charge in [0.1, 0.15) is 0 Å². The van der Waals surface area contributed by atoms with Crippen molar-refractivity contribution >= 4 is 11.8 Å². The maximum absolute atomic E-state index is 8.09. The molecule has 0 aliphatic carbocycles. The first kappa shape index (κ1) is 11.0. The Balaban J connectivity index is 2.51. The van der Waals surface area contributed by atoms with Crippen LogP contribution in [-0.2, 0) is 0 Å². The Labute approximate surface area is 88.1 Å². The Morgan fingerprint density at radius 1 is 1.36 bits per heavy atom. The molecule has 0 N–H and O–H groups in total. The minimum absolute atomic E-state index is 0.550. The zero-order valence-electron chi connectivity index (χ0n) is 8.40. The highest BCUT2D eigenvalue weighted by atomic mass is 32.2. The predicted octanol–water partition coefficient (Wildman–Crippen LogP) is 3.71. The summed E-state index contributed by atoms with van der Waals surface area (Å²) in [6.07, 6.45) is 0. The lowest BCUT2D eigenvalue weighted by atomic mass is 10.1. The van der Waals surface area contributed by atoms with E-state index < -0.39 is 0 Å². The van der Waals surface area contributed by atoms with Gasteiger partial charge < -0.3 is 0 Å². The van der Waals surface area contributed by atoms with Crippen molar-refractivity contribution in [3.05, 3.63) is 39.8 Å². The third kappa shape index (κ3) is 3.32. The van der Waals surface area contributed by atoms with E-state index in [0.29, 0.717) is 6.54 Å². The Morgan fingerprint density at radius 2 is 2.14 bits per heavy atom. The van der Waals surface area contributed by atoms with Crippen LogP contribution in [0.1, 0.15) is 11.1 Å². The first-order valence-electron chi connectivity index (χ1n) is 4.45. The average Bonchev–Trinajstić information content (AvgIpc) is 2.18. The molecule has 0 heterocycles. The maximum Gasteiger partial charge on any atom is 0.0352 e. The first-order chi connectivity index (χ1) is 6.74. The van der Waals surface area contributed by atoms with Crippen molar-refractivity contribution in [1.82, 2.24) is 0 Å². The maximum atomic E-state index is 8.09. The summed E-state index contributed by atoms with van der Waals surface area (Å²) in [6.45, 7) is 4.75. The molecule has 1 rings (SSSR count). The fourth-order valence-corrected chi connectivity index (χ4v) is 1.89. The van der Waals surface area contributed by atoms with Crippen molar-refractivity contribution in [2.45, 2.75) is 18.7 Å². The molecular formula is C10H13N3S. The fourth-order valence-electron chi connectivity index (χ4n) is 1.05. The number of benzene rings is 1. The standard InChI is InChI=1S/C10H13N3S/c1-8-3-4-10(7-9(8)2)14-6-5-12-13-11/h3-4,7H,5-6H2,1-2H3. The lowest BCUT2D eigenvalue weighted by Gasteiger charge is -2.03. The number of hydrogen-bond acceptors (Lipinski definition) is 2. The molecular weight excluding hydrogens is 194 g/mol. The number of hydrogen-bond donors (Lipinski definition) is 0. The second-order valence-electron chi connectivity index (χ2n) is 3.05. The third-order valence-corrected chi connectivity index (χ3v) is 2.98. The van der Waals surface area contributed by atoms with Gasteiger partial charge in [-0.05, 0) is 42.6 Å². The van der Waals surface area contributed by atoms with Gasteiger partial charge >= 0.3 is 0 Å². The van der Waals surface area contributed by atoms with Crippen molar-refractivity contribution in [3.8, 4) is 0 Å². The van der Waals surface area contributed by atoms with E-state index >= 15 is 0 Å². The number of nitrogens with zero attached hydrogens (tertiary/aromatic N) is 3. The summed E-state index contributed by atoms with van der Waals surface area (Å²) in [5, 5.41) is 3.49. The van der Waals surface area contributed by atoms with E-state index in [0.717, 1.165) is 5.75 Å². The van der Waals surface area contributed by atoms with Crippen molar-refractivity contribution < 1.29 is 0 Å². The molecule has 1 aromatic carbocycles. The summed E-state index contributed by atoms with van der Waals surface area (Å²) < 4.78 is 0. The number of azide groups is 1. The quantitative estimate of drug-likeness (QED) is 0.244. The van der Waals surface area contributed by atoms with Gasteiger partial charge in [-0.2, -0.15) is 0 Å². The lowest BCUT2D eigenvalue weighted by Crippen LogP contribution is -1.85. The van der Waals surface area contributed by atoms with Crippen LogP contribution in [0.5, 0.6) is 0 Å². The summed E-state index contributed by atoms with van der Waals surface area (Å²) in [7, 11) is 0. The van der Waals surface area contributed by atoms with E-state index in [9.17, 15) is 0 Å². The van der Waals surface area contributed by atoms with Crippen LogP contribution in [0.25, 0.3) is 10.4 Å². The summed E-state index contributed by atoms with van der Waals surface area (Å²) in [4.78, 5) is 3.95. The Bertz CT molecular complexity index is 356. The van der Waals surface area contributed by atoms with Crippen LogP contribution in [0.2, 0.25) is 0 Å². The Morgan fingerprint density at radius 3 is 2.79 bits per heavy atom. The molecule has 0 fully saturated rings. The van der Waals surface area contributed by atoms with Gasteiger partial charge in [0.15, 0.2) is 0 Å². The highest BCUT2D eigenvalue weighted by molar-refractivity contribution is 7.99. The molecule has 0 aliphatic rings. The molecule has 0 aromatic heterocycles. The molecule has 3 nitrogen and oxygen atoms in total. The molecule has 0 radical (unpaired) electrons. The largest absolute Gasteiger partial charge is 0.126 e. The van der Waals surface area contributed by atoms with Gasteiger partial charge in [0.2, 0.25) is 0 Å². The molecule has 0 aliphatic heterocycles.